The molecule has 3 N–H and O–H groups in total. The van der Waals surface area contributed by atoms with Crippen LogP contribution in [0.4, 0.5) is 0 Å². The summed E-state index contributed by atoms with van der Waals surface area (Å²) >= 11 is 0. The molecule has 0 spiro atoms. The summed E-state index contributed by atoms with van der Waals surface area (Å²) in [5.41, 5.74) is 0. The second-order valence-electron chi connectivity index (χ2n) is 6.39. The van der Waals surface area contributed by atoms with Gasteiger partial charge in [-0.25, -0.2) is 0 Å². The number of hydrogen-bond acceptors (Lipinski definition) is 3. The number of aliphatic hydroxyl groups is 2. The van der Waals surface area contributed by atoms with E-state index in [1.807, 2.05) is 0 Å². The van der Waals surface area contributed by atoms with Crippen LogP contribution in [-0.4, -0.2) is 33.5 Å². The van der Waals surface area contributed by atoms with E-state index in [1.54, 1.807) is 0 Å². The summed E-state index contributed by atoms with van der Waals surface area (Å²) in [7, 11) is 0. The van der Waals surface area contributed by atoms with E-state index >= 15 is 0 Å². The summed E-state index contributed by atoms with van der Waals surface area (Å²) in [5.74, 6) is -0.745. The van der Waals surface area contributed by atoms with Crippen molar-refractivity contribution in [1.82, 2.24) is 0 Å². The van der Waals surface area contributed by atoms with Gasteiger partial charge in [-0.3, -0.25) is 4.79 Å². The first-order valence-electron chi connectivity index (χ1n) is 9.15. The Morgan fingerprint density at radius 1 is 0.727 bits per heavy atom. The monoisotopic (exact) mass is 316 g/mol. The molecule has 2 atom stereocenters. The summed E-state index contributed by atoms with van der Waals surface area (Å²) in [4.78, 5) is 10.4. The lowest BCUT2D eigenvalue weighted by Crippen LogP contribution is -2.25. The minimum Gasteiger partial charge on any atom is -0.481 e. The third-order valence-corrected chi connectivity index (χ3v) is 4.19. The predicted molar refractivity (Wildman–Crippen MR) is 90.0 cm³/mol. The van der Waals surface area contributed by atoms with Gasteiger partial charge >= 0.3 is 5.97 Å². The van der Waals surface area contributed by atoms with Crippen molar-refractivity contribution in [2.24, 2.45) is 0 Å². The zero-order valence-electron chi connectivity index (χ0n) is 14.3. The number of aliphatic carboxylic acids is 1. The topological polar surface area (TPSA) is 77.8 Å². The van der Waals surface area contributed by atoms with E-state index in [0.29, 0.717) is 19.3 Å². The molecule has 0 aromatic carbocycles. The highest BCUT2D eigenvalue weighted by atomic mass is 16.4. The number of aliphatic hydroxyl groups excluding tert-OH is 2. The highest BCUT2D eigenvalue weighted by Gasteiger charge is 2.15. The van der Waals surface area contributed by atoms with Crippen LogP contribution in [-0.2, 0) is 4.79 Å². The first kappa shape index (κ1) is 21.4. The van der Waals surface area contributed by atoms with Crippen molar-refractivity contribution >= 4 is 5.97 Å². The molecule has 0 radical (unpaired) electrons. The van der Waals surface area contributed by atoms with Crippen LogP contribution in [0, 0.1) is 0 Å². The molecule has 22 heavy (non-hydrogen) atoms. The Morgan fingerprint density at radius 2 is 1.14 bits per heavy atom. The summed E-state index contributed by atoms with van der Waals surface area (Å²) in [6, 6.07) is 0. The lowest BCUT2D eigenvalue weighted by atomic mass is 9.99. The molecule has 2 unspecified atom stereocenters. The maximum atomic E-state index is 10.4. The predicted octanol–water partition coefficient (Wildman–Crippen LogP) is 4.27. The minimum absolute atomic E-state index is 0.226. The van der Waals surface area contributed by atoms with E-state index in [1.165, 1.54) is 32.1 Å². The second kappa shape index (κ2) is 15.3. The molecule has 0 saturated heterocycles. The van der Waals surface area contributed by atoms with E-state index in [0.717, 1.165) is 32.1 Å². The molecule has 0 aliphatic carbocycles. The number of carboxylic acid groups (broad SMARTS) is 1. The van der Waals surface area contributed by atoms with Crippen LogP contribution in [0.5, 0.6) is 0 Å². The van der Waals surface area contributed by atoms with E-state index < -0.39 is 18.2 Å². The van der Waals surface area contributed by atoms with Crippen LogP contribution in [0.3, 0.4) is 0 Å². The average Bonchev–Trinajstić information content (AvgIpc) is 2.49. The van der Waals surface area contributed by atoms with E-state index in [2.05, 4.69) is 6.92 Å². The van der Waals surface area contributed by atoms with Gasteiger partial charge in [-0.05, 0) is 19.3 Å². The van der Waals surface area contributed by atoms with Crippen molar-refractivity contribution in [2.75, 3.05) is 0 Å². The highest BCUT2D eigenvalue weighted by molar-refractivity contribution is 5.66. The van der Waals surface area contributed by atoms with Gasteiger partial charge in [0.05, 0.1) is 12.2 Å². The molecule has 0 rings (SSSR count). The van der Waals surface area contributed by atoms with Gasteiger partial charge in [0.25, 0.3) is 0 Å². The van der Waals surface area contributed by atoms with E-state index in [-0.39, 0.29) is 6.42 Å². The molecule has 0 heterocycles. The smallest absolute Gasteiger partial charge is 0.303 e. The van der Waals surface area contributed by atoms with E-state index in [4.69, 9.17) is 5.11 Å². The maximum absolute atomic E-state index is 10.4. The summed E-state index contributed by atoms with van der Waals surface area (Å²) < 4.78 is 0. The van der Waals surface area contributed by atoms with Gasteiger partial charge in [-0.2, -0.15) is 0 Å². The van der Waals surface area contributed by atoms with E-state index in [9.17, 15) is 15.0 Å². The van der Waals surface area contributed by atoms with Gasteiger partial charge in [-0.1, -0.05) is 71.1 Å². The van der Waals surface area contributed by atoms with Crippen LogP contribution in [0.1, 0.15) is 96.8 Å². The molecular formula is C18H36O4. The summed E-state index contributed by atoms with van der Waals surface area (Å²) in [5, 5.41) is 28.3. The van der Waals surface area contributed by atoms with Gasteiger partial charge < -0.3 is 15.3 Å². The first-order valence-corrected chi connectivity index (χ1v) is 9.15. The first-order chi connectivity index (χ1) is 10.6. The number of rotatable bonds is 16. The zero-order chi connectivity index (χ0) is 16.6. The van der Waals surface area contributed by atoms with Gasteiger partial charge in [0.15, 0.2) is 0 Å². The molecule has 132 valence electrons. The number of unbranched alkanes of at least 4 members (excludes halogenated alkanes) is 9. The Bertz CT molecular complexity index is 255. The molecule has 4 heteroatoms. The van der Waals surface area contributed by atoms with Crippen molar-refractivity contribution in [3.63, 3.8) is 0 Å². The molecular weight excluding hydrogens is 280 g/mol. The fraction of sp³-hybridized carbons (Fsp3) is 0.944. The average molecular weight is 316 g/mol. The normalized spacial score (nSPS) is 14.0. The SMILES string of the molecule is CCCCCCCCCC(O)C(O)CCCCCCC(=O)O. The molecule has 0 fully saturated rings. The van der Waals surface area contributed by atoms with Gasteiger partial charge in [0.1, 0.15) is 0 Å². The maximum Gasteiger partial charge on any atom is 0.303 e. The van der Waals surface area contributed by atoms with Crippen molar-refractivity contribution in [2.45, 2.75) is 109 Å². The molecule has 4 nitrogen and oxygen atoms in total. The largest absolute Gasteiger partial charge is 0.481 e. The van der Waals surface area contributed by atoms with Crippen molar-refractivity contribution in [3.05, 3.63) is 0 Å². The standard InChI is InChI=1S/C18H36O4/c1-2-3-4-5-6-7-10-13-16(19)17(20)14-11-8-9-12-15-18(21)22/h16-17,19-20H,2-15H2,1H3,(H,21,22). The van der Waals surface area contributed by atoms with Crippen molar-refractivity contribution < 1.29 is 20.1 Å². The van der Waals surface area contributed by atoms with Crippen LogP contribution in [0.25, 0.3) is 0 Å². The quantitative estimate of drug-likeness (QED) is 0.371. The molecule has 0 amide bonds. The zero-order valence-corrected chi connectivity index (χ0v) is 14.3. The second-order valence-corrected chi connectivity index (χ2v) is 6.39. The number of carboxylic acids is 1. The fourth-order valence-electron chi connectivity index (χ4n) is 2.68. The number of carbonyl (C=O) groups is 1. The molecule has 0 aliphatic rings. The van der Waals surface area contributed by atoms with Crippen LogP contribution >= 0.6 is 0 Å². The van der Waals surface area contributed by atoms with Crippen LogP contribution < -0.4 is 0 Å². The summed E-state index contributed by atoms with van der Waals surface area (Å²) in [6.07, 6.45) is 12.2. The Hall–Kier alpha value is -0.610. The number of hydrogen-bond donors (Lipinski definition) is 3. The van der Waals surface area contributed by atoms with Crippen molar-refractivity contribution in [1.29, 1.82) is 0 Å². The van der Waals surface area contributed by atoms with Gasteiger partial charge in [-0.15, -0.1) is 0 Å². The Morgan fingerprint density at radius 3 is 1.59 bits per heavy atom. The molecule has 0 aliphatic heterocycles. The Labute approximate surface area is 135 Å². The minimum atomic E-state index is -0.745. The Kier molecular flexibility index (Phi) is 14.9. The van der Waals surface area contributed by atoms with Crippen LogP contribution in [0.2, 0.25) is 0 Å². The molecule has 0 saturated carbocycles. The lowest BCUT2D eigenvalue weighted by Gasteiger charge is -2.17. The third-order valence-electron chi connectivity index (χ3n) is 4.19. The fourth-order valence-corrected chi connectivity index (χ4v) is 2.68. The third kappa shape index (κ3) is 14.3. The summed E-state index contributed by atoms with van der Waals surface area (Å²) in [6.45, 7) is 2.21. The molecule has 0 aromatic rings. The lowest BCUT2D eigenvalue weighted by molar-refractivity contribution is -0.137. The molecule has 0 aromatic heterocycles. The molecule has 0 bridgehead atoms. The van der Waals surface area contributed by atoms with Gasteiger partial charge in [0, 0.05) is 6.42 Å². The Balaban J connectivity index is 3.39. The van der Waals surface area contributed by atoms with Gasteiger partial charge in [0.2, 0.25) is 0 Å². The van der Waals surface area contributed by atoms with Crippen LogP contribution in [0.15, 0.2) is 0 Å². The van der Waals surface area contributed by atoms with Crippen molar-refractivity contribution in [3.8, 4) is 0 Å². The highest BCUT2D eigenvalue weighted by Crippen LogP contribution is 2.15.